The predicted molar refractivity (Wildman–Crippen MR) is 135 cm³/mol. The van der Waals surface area contributed by atoms with Crippen molar-refractivity contribution in [1.82, 2.24) is 15.0 Å². The van der Waals surface area contributed by atoms with Gasteiger partial charge in [0.2, 0.25) is 5.88 Å². The van der Waals surface area contributed by atoms with E-state index >= 15 is 0 Å². The smallest absolute Gasteiger partial charge is 0.213 e. The van der Waals surface area contributed by atoms with Crippen LogP contribution in [-0.4, -0.2) is 34.8 Å². The Morgan fingerprint density at radius 1 is 0.971 bits per heavy atom. The van der Waals surface area contributed by atoms with Crippen molar-refractivity contribution in [2.45, 2.75) is 51.6 Å². The van der Waals surface area contributed by atoms with Gasteiger partial charge in [0, 0.05) is 36.0 Å². The lowest BCUT2D eigenvalue weighted by molar-refractivity contribution is 0.144. The van der Waals surface area contributed by atoms with Crippen LogP contribution in [0.4, 0.5) is 0 Å². The Hall–Kier alpha value is -3.25. The van der Waals surface area contributed by atoms with Gasteiger partial charge in [-0.1, -0.05) is 43.9 Å². The summed E-state index contributed by atoms with van der Waals surface area (Å²) in [6.45, 7) is 2.37. The van der Waals surface area contributed by atoms with E-state index in [-0.39, 0.29) is 0 Å². The van der Waals surface area contributed by atoms with Crippen LogP contribution in [0.1, 0.15) is 55.5 Å². The molecular weight excluding hydrogens is 438 g/mol. The third-order valence-corrected chi connectivity index (χ3v) is 6.65. The summed E-state index contributed by atoms with van der Waals surface area (Å²) < 4.78 is 18.0. The Kier molecular flexibility index (Phi) is 8.01. The van der Waals surface area contributed by atoms with Gasteiger partial charge in [0.15, 0.2) is 0 Å². The van der Waals surface area contributed by atoms with Crippen LogP contribution in [0.15, 0.2) is 60.9 Å². The first-order valence-corrected chi connectivity index (χ1v) is 12.7. The van der Waals surface area contributed by atoms with E-state index in [0.29, 0.717) is 32.1 Å². The summed E-state index contributed by atoms with van der Waals surface area (Å²) in [6.07, 6.45) is 15.7. The second kappa shape index (κ2) is 11.9. The average Bonchev–Trinajstić information content (AvgIpc) is 3.40. The highest BCUT2D eigenvalue weighted by Crippen LogP contribution is 2.29. The third kappa shape index (κ3) is 6.67. The van der Waals surface area contributed by atoms with Crippen molar-refractivity contribution in [2.24, 2.45) is 5.92 Å². The molecule has 0 spiro atoms. The van der Waals surface area contributed by atoms with Crippen molar-refractivity contribution in [2.75, 3.05) is 19.8 Å². The van der Waals surface area contributed by atoms with Gasteiger partial charge in [-0.2, -0.15) is 0 Å². The highest BCUT2D eigenvalue weighted by Gasteiger charge is 2.15. The molecule has 182 valence electrons. The molecule has 1 fully saturated rings. The van der Waals surface area contributed by atoms with E-state index in [1.807, 2.05) is 30.5 Å². The minimum absolute atomic E-state index is 0.503. The highest BCUT2D eigenvalue weighted by atomic mass is 16.5. The molecule has 1 aliphatic heterocycles. The number of pyridine rings is 1. The van der Waals surface area contributed by atoms with E-state index < -0.39 is 0 Å². The first-order chi connectivity index (χ1) is 17.3. The van der Waals surface area contributed by atoms with Gasteiger partial charge >= 0.3 is 0 Å². The van der Waals surface area contributed by atoms with E-state index in [1.165, 1.54) is 25.7 Å². The van der Waals surface area contributed by atoms with Crippen LogP contribution >= 0.6 is 0 Å². The van der Waals surface area contributed by atoms with Crippen LogP contribution in [0.3, 0.4) is 0 Å². The Bertz CT molecular complexity index is 1140. The number of nitrogens with zero attached hydrogens (tertiary/aromatic N) is 3. The molecule has 6 nitrogen and oxygen atoms in total. The normalized spacial score (nSPS) is 17.7. The Balaban J connectivity index is 1.37. The van der Waals surface area contributed by atoms with Crippen molar-refractivity contribution >= 4 is 0 Å². The molecule has 5 rings (SSSR count). The van der Waals surface area contributed by atoms with Crippen LogP contribution in [0.2, 0.25) is 0 Å². The maximum Gasteiger partial charge on any atom is 0.213 e. The molecule has 1 aromatic carbocycles. The molecule has 2 aromatic heterocycles. The number of benzene rings is 1. The molecule has 2 aliphatic rings. The number of rotatable bonds is 4. The number of aromatic nitrogens is 3. The van der Waals surface area contributed by atoms with Gasteiger partial charge in [0.05, 0.1) is 32.1 Å². The van der Waals surface area contributed by atoms with E-state index in [9.17, 15) is 0 Å². The summed E-state index contributed by atoms with van der Waals surface area (Å²) in [6, 6.07) is 12.2. The second-order valence-corrected chi connectivity index (χ2v) is 9.27. The molecule has 1 aliphatic carbocycles. The molecule has 1 saturated carbocycles. The largest absolute Gasteiger partial charge is 0.493 e. The zero-order valence-electron chi connectivity index (χ0n) is 20.2. The SMILES string of the molecule is C1=C/COCc2cc(ccc2OCCC2CCCC2)Cc2nccc(n2)-c2ccnc(c2)OCC/1. The Morgan fingerprint density at radius 3 is 2.83 bits per heavy atom. The molecule has 3 aromatic rings. The summed E-state index contributed by atoms with van der Waals surface area (Å²) in [5.41, 5.74) is 4.04. The standard InChI is InChI=1S/C29H33N3O3/c1-4-15-33-21-25-18-23(8-9-27(25)34-17-12-22-6-2-3-7-22)19-28-30-14-11-26(32-28)24-10-13-31-29(20-24)35-16-5-1/h1,4,8-11,13-14,18,20,22H,2-3,5-7,12,15-17,19,21H2/b4-1+. The third-order valence-electron chi connectivity index (χ3n) is 6.65. The molecule has 6 heteroatoms. The molecular formula is C29H33N3O3. The molecule has 0 atom stereocenters. The number of hydrogen-bond donors (Lipinski definition) is 0. The molecule has 0 unspecified atom stereocenters. The Morgan fingerprint density at radius 2 is 1.89 bits per heavy atom. The van der Waals surface area contributed by atoms with Gasteiger partial charge in [0.25, 0.3) is 0 Å². The van der Waals surface area contributed by atoms with Gasteiger partial charge in [-0.25, -0.2) is 15.0 Å². The van der Waals surface area contributed by atoms with Crippen LogP contribution in [-0.2, 0) is 17.8 Å². The summed E-state index contributed by atoms with van der Waals surface area (Å²) in [4.78, 5) is 13.7. The average molecular weight is 472 g/mol. The van der Waals surface area contributed by atoms with Crippen LogP contribution in [0.25, 0.3) is 11.3 Å². The van der Waals surface area contributed by atoms with Crippen molar-refractivity contribution in [3.8, 4) is 22.9 Å². The quantitative estimate of drug-likeness (QED) is 0.439. The summed E-state index contributed by atoms with van der Waals surface area (Å²) in [5.74, 6) is 3.10. The minimum Gasteiger partial charge on any atom is -0.493 e. The van der Waals surface area contributed by atoms with Gasteiger partial charge < -0.3 is 14.2 Å². The summed E-state index contributed by atoms with van der Waals surface area (Å²) in [7, 11) is 0. The maximum atomic E-state index is 6.23. The van der Waals surface area contributed by atoms with Gasteiger partial charge in [0.1, 0.15) is 11.6 Å². The fraction of sp³-hybridized carbons (Fsp3) is 0.414. The molecule has 0 N–H and O–H groups in total. The summed E-state index contributed by atoms with van der Waals surface area (Å²) in [5, 5.41) is 0. The molecule has 0 saturated heterocycles. The summed E-state index contributed by atoms with van der Waals surface area (Å²) >= 11 is 0. The van der Waals surface area contributed by atoms with E-state index in [2.05, 4.69) is 34.2 Å². The van der Waals surface area contributed by atoms with Crippen LogP contribution in [0, 0.1) is 5.92 Å². The zero-order valence-corrected chi connectivity index (χ0v) is 20.2. The molecule has 6 bridgehead atoms. The first-order valence-electron chi connectivity index (χ1n) is 12.7. The van der Waals surface area contributed by atoms with Gasteiger partial charge in [-0.05, 0) is 48.6 Å². The fourth-order valence-corrected chi connectivity index (χ4v) is 4.76. The van der Waals surface area contributed by atoms with Crippen molar-refractivity contribution in [3.05, 3.63) is 77.9 Å². The van der Waals surface area contributed by atoms with E-state index in [4.69, 9.17) is 19.2 Å². The zero-order chi connectivity index (χ0) is 23.7. The molecule has 3 heterocycles. The fourth-order valence-electron chi connectivity index (χ4n) is 4.76. The molecule has 0 radical (unpaired) electrons. The van der Waals surface area contributed by atoms with E-state index in [1.54, 1.807) is 6.20 Å². The van der Waals surface area contributed by atoms with Crippen molar-refractivity contribution in [1.29, 1.82) is 0 Å². The van der Waals surface area contributed by atoms with Crippen LogP contribution < -0.4 is 9.47 Å². The van der Waals surface area contributed by atoms with Gasteiger partial charge in [-0.3, -0.25) is 0 Å². The van der Waals surface area contributed by atoms with Crippen LogP contribution in [0.5, 0.6) is 11.6 Å². The molecule has 35 heavy (non-hydrogen) atoms. The number of ether oxygens (including phenoxy) is 3. The first kappa shape index (κ1) is 23.5. The maximum absolute atomic E-state index is 6.23. The number of hydrogen-bond acceptors (Lipinski definition) is 6. The monoisotopic (exact) mass is 471 g/mol. The van der Waals surface area contributed by atoms with E-state index in [0.717, 1.165) is 59.3 Å². The Labute approximate surface area is 207 Å². The lowest BCUT2D eigenvalue weighted by Gasteiger charge is -2.15. The van der Waals surface area contributed by atoms with Gasteiger partial charge in [-0.15, -0.1) is 0 Å². The second-order valence-electron chi connectivity index (χ2n) is 9.27. The lowest BCUT2D eigenvalue weighted by Crippen LogP contribution is -2.07. The minimum atomic E-state index is 0.503. The predicted octanol–water partition coefficient (Wildman–Crippen LogP) is 5.94. The number of fused-ring (bicyclic) bond motifs is 7. The lowest BCUT2D eigenvalue weighted by atomic mass is 10.0. The van der Waals surface area contributed by atoms with Crippen molar-refractivity contribution in [3.63, 3.8) is 0 Å². The highest BCUT2D eigenvalue weighted by molar-refractivity contribution is 5.59. The van der Waals surface area contributed by atoms with Crippen molar-refractivity contribution < 1.29 is 14.2 Å². The topological polar surface area (TPSA) is 66.4 Å². The molecule has 0 amide bonds.